The summed E-state index contributed by atoms with van der Waals surface area (Å²) >= 11 is 0. The second kappa shape index (κ2) is 5.69. The fourth-order valence-electron chi connectivity index (χ4n) is 2.44. The highest BCUT2D eigenvalue weighted by molar-refractivity contribution is 5.58. The minimum atomic E-state index is -0.420. The van der Waals surface area contributed by atoms with Crippen molar-refractivity contribution in [3.05, 3.63) is 24.0 Å². The van der Waals surface area contributed by atoms with Gasteiger partial charge < -0.3 is 15.4 Å². The lowest BCUT2D eigenvalue weighted by Gasteiger charge is -2.28. The van der Waals surface area contributed by atoms with E-state index in [1.807, 2.05) is 0 Å². The summed E-state index contributed by atoms with van der Waals surface area (Å²) in [6.45, 7) is 1.69. The maximum absolute atomic E-state index is 13.7. The SMILES string of the molecule is COc1ccc(-c2nc(N3CCC(N)CC3)n[nH]2)cc1F. The Kier molecular flexibility index (Phi) is 3.74. The van der Waals surface area contributed by atoms with E-state index in [4.69, 9.17) is 10.5 Å². The van der Waals surface area contributed by atoms with E-state index >= 15 is 0 Å². The Labute approximate surface area is 122 Å². The molecule has 0 unspecified atom stereocenters. The fourth-order valence-corrected chi connectivity index (χ4v) is 2.44. The van der Waals surface area contributed by atoms with Crippen LogP contribution in [0.2, 0.25) is 0 Å². The molecule has 6 nitrogen and oxygen atoms in total. The summed E-state index contributed by atoms with van der Waals surface area (Å²) in [6.07, 6.45) is 1.86. The first-order valence-electron chi connectivity index (χ1n) is 6.94. The van der Waals surface area contributed by atoms with Crippen LogP contribution in [-0.2, 0) is 0 Å². The predicted octanol–water partition coefficient (Wildman–Crippen LogP) is 1.55. The van der Waals surface area contributed by atoms with Crippen LogP contribution in [0.5, 0.6) is 5.75 Å². The number of nitrogens with two attached hydrogens (primary N) is 1. The lowest BCUT2D eigenvalue weighted by atomic mass is 10.1. The first-order valence-corrected chi connectivity index (χ1v) is 6.94. The number of H-pyrrole nitrogens is 1. The number of ether oxygens (including phenoxy) is 1. The molecule has 0 saturated carbocycles. The van der Waals surface area contributed by atoms with Crippen molar-refractivity contribution in [2.24, 2.45) is 5.73 Å². The van der Waals surface area contributed by atoms with Gasteiger partial charge in [-0.3, -0.25) is 5.10 Å². The number of benzene rings is 1. The number of piperidine rings is 1. The number of halogens is 1. The van der Waals surface area contributed by atoms with E-state index in [0.717, 1.165) is 25.9 Å². The van der Waals surface area contributed by atoms with Gasteiger partial charge in [0.05, 0.1) is 7.11 Å². The van der Waals surface area contributed by atoms with Crippen molar-refractivity contribution in [2.45, 2.75) is 18.9 Å². The Morgan fingerprint density at radius 3 is 2.81 bits per heavy atom. The van der Waals surface area contributed by atoms with E-state index in [1.165, 1.54) is 13.2 Å². The number of rotatable bonds is 3. The van der Waals surface area contributed by atoms with E-state index in [0.29, 0.717) is 17.3 Å². The zero-order valence-electron chi connectivity index (χ0n) is 11.8. The highest BCUT2D eigenvalue weighted by Gasteiger charge is 2.20. The van der Waals surface area contributed by atoms with Gasteiger partial charge in [-0.1, -0.05) is 0 Å². The molecule has 2 heterocycles. The van der Waals surface area contributed by atoms with Crippen LogP contribution in [0.3, 0.4) is 0 Å². The molecule has 1 aliphatic heterocycles. The monoisotopic (exact) mass is 291 g/mol. The highest BCUT2D eigenvalue weighted by Crippen LogP contribution is 2.24. The van der Waals surface area contributed by atoms with Gasteiger partial charge in [-0.05, 0) is 31.0 Å². The molecule has 3 N–H and O–H groups in total. The molecule has 1 saturated heterocycles. The summed E-state index contributed by atoms with van der Waals surface area (Å²) < 4.78 is 18.6. The zero-order valence-corrected chi connectivity index (χ0v) is 11.8. The summed E-state index contributed by atoms with van der Waals surface area (Å²) in [6, 6.07) is 4.97. The van der Waals surface area contributed by atoms with Crippen molar-refractivity contribution in [1.29, 1.82) is 0 Å². The van der Waals surface area contributed by atoms with Gasteiger partial charge in [0.1, 0.15) is 0 Å². The highest BCUT2D eigenvalue weighted by atomic mass is 19.1. The molecule has 3 rings (SSSR count). The third-order valence-corrected chi connectivity index (χ3v) is 3.72. The van der Waals surface area contributed by atoms with Gasteiger partial charge in [-0.25, -0.2) is 4.39 Å². The van der Waals surface area contributed by atoms with Gasteiger partial charge in [-0.2, -0.15) is 4.98 Å². The van der Waals surface area contributed by atoms with E-state index in [9.17, 15) is 4.39 Å². The molecule has 112 valence electrons. The molecule has 1 aliphatic rings. The van der Waals surface area contributed by atoms with Gasteiger partial charge in [0.15, 0.2) is 17.4 Å². The molecule has 1 aromatic carbocycles. The average molecular weight is 291 g/mol. The molecule has 1 fully saturated rings. The summed E-state index contributed by atoms with van der Waals surface area (Å²) in [7, 11) is 1.44. The summed E-state index contributed by atoms with van der Waals surface area (Å²) in [5, 5.41) is 7.06. The third kappa shape index (κ3) is 2.82. The Balaban J connectivity index is 1.80. The largest absolute Gasteiger partial charge is 0.494 e. The zero-order chi connectivity index (χ0) is 14.8. The number of anilines is 1. The van der Waals surface area contributed by atoms with Gasteiger partial charge in [-0.15, -0.1) is 5.10 Å². The Morgan fingerprint density at radius 2 is 2.14 bits per heavy atom. The smallest absolute Gasteiger partial charge is 0.245 e. The normalized spacial score (nSPS) is 16.2. The maximum Gasteiger partial charge on any atom is 0.245 e. The molecule has 0 amide bonds. The number of nitrogens with zero attached hydrogens (tertiary/aromatic N) is 3. The van der Waals surface area contributed by atoms with Crippen LogP contribution in [0.25, 0.3) is 11.4 Å². The number of aromatic nitrogens is 3. The average Bonchev–Trinajstić information content (AvgIpc) is 2.98. The maximum atomic E-state index is 13.7. The van der Waals surface area contributed by atoms with Gasteiger partial charge in [0.2, 0.25) is 5.95 Å². The molecular weight excluding hydrogens is 273 g/mol. The quantitative estimate of drug-likeness (QED) is 0.897. The fraction of sp³-hybridized carbons (Fsp3) is 0.429. The summed E-state index contributed by atoms with van der Waals surface area (Å²) in [4.78, 5) is 6.52. The third-order valence-electron chi connectivity index (χ3n) is 3.72. The Hall–Kier alpha value is -2.15. The topological polar surface area (TPSA) is 80.1 Å². The lowest BCUT2D eigenvalue weighted by Crippen LogP contribution is -2.40. The molecular formula is C14H18FN5O. The van der Waals surface area contributed by atoms with Crippen molar-refractivity contribution in [1.82, 2.24) is 15.2 Å². The number of aromatic amines is 1. The van der Waals surface area contributed by atoms with Crippen LogP contribution in [-0.4, -0.2) is 41.4 Å². The summed E-state index contributed by atoms with van der Waals surface area (Å²) in [5.41, 5.74) is 6.53. The van der Waals surface area contributed by atoms with Gasteiger partial charge in [0.25, 0.3) is 0 Å². The van der Waals surface area contributed by atoms with E-state index in [-0.39, 0.29) is 11.8 Å². The van der Waals surface area contributed by atoms with Crippen molar-refractivity contribution in [3.63, 3.8) is 0 Å². The first kappa shape index (κ1) is 13.8. The van der Waals surface area contributed by atoms with Crippen LogP contribution in [0.15, 0.2) is 18.2 Å². The minimum Gasteiger partial charge on any atom is -0.494 e. The number of hydrogen-bond donors (Lipinski definition) is 2. The summed E-state index contributed by atoms with van der Waals surface area (Å²) in [5.74, 6) is 0.968. The number of nitrogens with one attached hydrogen (secondary N) is 1. The van der Waals surface area contributed by atoms with Crippen molar-refractivity contribution in [2.75, 3.05) is 25.1 Å². The molecule has 0 aliphatic carbocycles. The molecule has 21 heavy (non-hydrogen) atoms. The van der Waals surface area contributed by atoms with E-state index < -0.39 is 5.82 Å². The Bertz CT molecular complexity index is 622. The van der Waals surface area contributed by atoms with E-state index in [1.54, 1.807) is 12.1 Å². The second-order valence-corrected chi connectivity index (χ2v) is 5.16. The second-order valence-electron chi connectivity index (χ2n) is 5.16. The molecule has 0 atom stereocenters. The van der Waals surface area contributed by atoms with Gasteiger partial charge in [0, 0.05) is 24.7 Å². The van der Waals surface area contributed by atoms with Crippen molar-refractivity contribution < 1.29 is 9.13 Å². The molecule has 0 radical (unpaired) electrons. The minimum absolute atomic E-state index is 0.212. The van der Waals surface area contributed by atoms with Crippen LogP contribution >= 0.6 is 0 Å². The number of methoxy groups -OCH3 is 1. The molecule has 2 aromatic rings. The van der Waals surface area contributed by atoms with Gasteiger partial charge >= 0.3 is 0 Å². The Morgan fingerprint density at radius 1 is 1.38 bits per heavy atom. The van der Waals surface area contributed by atoms with Crippen molar-refractivity contribution >= 4 is 5.95 Å². The lowest BCUT2D eigenvalue weighted by molar-refractivity contribution is 0.386. The molecule has 0 spiro atoms. The van der Waals surface area contributed by atoms with Crippen molar-refractivity contribution in [3.8, 4) is 17.1 Å². The van der Waals surface area contributed by atoms with Crippen LogP contribution in [0.4, 0.5) is 10.3 Å². The number of hydrogen-bond acceptors (Lipinski definition) is 5. The van der Waals surface area contributed by atoms with Crippen LogP contribution < -0.4 is 15.4 Å². The van der Waals surface area contributed by atoms with E-state index in [2.05, 4.69) is 20.1 Å². The molecule has 1 aromatic heterocycles. The molecule has 0 bridgehead atoms. The van der Waals surface area contributed by atoms with Crippen LogP contribution in [0, 0.1) is 5.82 Å². The standard InChI is InChI=1S/C14H18FN5O/c1-21-12-3-2-9(8-11(12)15)13-17-14(19-18-13)20-6-4-10(16)5-7-20/h2-3,8,10H,4-7,16H2,1H3,(H,17,18,19). The van der Waals surface area contributed by atoms with Crippen LogP contribution in [0.1, 0.15) is 12.8 Å². The predicted molar refractivity (Wildman–Crippen MR) is 77.8 cm³/mol. The molecule has 7 heteroatoms. The first-order chi connectivity index (χ1) is 10.2.